The number of aryl methyl sites for hydroxylation is 1. The summed E-state index contributed by atoms with van der Waals surface area (Å²) < 4.78 is 0. The van der Waals surface area contributed by atoms with E-state index in [0.717, 1.165) is 42.6 Å². The van der Waals surface area contributed by atoms with E-state index in [-0.39, 0.29) is 5.91 Å². The quantitative estimate of drug-likeness (QED) is 0.576. The third-order valence-electron chi connectivity index (χ3n) is 5.31. The number of para-hydroxylation sites is 1. The van der Waals surface area contributed by atoms with Crippen molar-refractivity contribution in [2.45, 2.75) is 18.5 Å². The number of nitrogens with one attached hydrogen (secondary N) is 1. The zero-order valence-electron chi connectivity index (χ0n) is 17.7. The number of carbonyl (C=O) groups excluding carboxylic acids is 1. The van der Waals surface area contributed by atoms with Crippen molar-refractivity contribution in [3.05, 3.63) is 77.9 Å². The summed E-state index contributed by atoms with van der Waals surface area (Å²) >= 11 is 1.41. The summed E-state index contributed by atoms with van der Waals surface area (Å²) in [6.07, 6.45) is 0. The Morgan fingerprint density at radius 1 is 0.903 bits per heavy atom. The molecular weight excluding hydrogens is 406 g/mol. The number of piperazine rings is 1. The Labute approximate surface area is 187 Å². The molecule has 1 aliphatic heterocycles. The van der Waals surface area contributed by atoms with Gasteiger partial charge in [0.25, 0.3) is 0 Å². The Hall–Kier alpha value is -3.06. The molecule has 0 atom stereocenters. The van der Waals surface area contributed by atoms with Gasteiger partial charge < -0.3 is 15.1 Å². The van der Waals surface area contributed by atoms with E-state index in [2.05, 4.69) is 68.6 Å². The molecule has 0 saturated carbocycles. The van der Waals surface area contributed by atoms with Gasteiger partial charge in [-0.2, -0.15) is 0 Å². The summed E-state index contributed by atoms with van der Waals surface area (Å²) in [4.78, 5) is 16.8. The van der Waals surface area contributed by atoms with Crippen molar-refractivity contribution >= 4 is 29.2 Å². The highest BCUT2D eigenvalue weighted by molar-refractivity contribution is 7.99. The molecule has 2 aromatic carbocycles. The van der Waals surface area contributed by atoms with Gasteiger partial charge in [0.05, 0.1) is 5.75 Å². The molecule has 0 radical (unpaired) electrons. The first-order valence-corrected chi connectivity index (χ1v) is 11.5. The van der Waals surface area contributed by atoms with Crippen molar-refractivity contribution in [1.82, 2.24) is 15.5 Å². The number of anilines is 2. The smallest absolute Gasteiger partial charge is 0.230 e. The van der Waals surface area contributed by atoms with Crippen molar-refractivity contribution in [3.63, 3.8) is 0 Å². The monoisotopic (exact) mass is 433 g/mol. The van der Waals surface area contributed by atoms with Crippen LogP contribution in [0.25, 0.3) is 0 Å². The number of aromatic nitrogens is 2. The Morgan fingerprint density at radius 2 is 1.61 bits per heavy atom. The predicted octanol–water partition coefficient (Wildman–Crippen LogP) is 3.52. The molecule has 3 aromatic rings. The minimum atomic E-state index is -0.00603. The van der Waals surface area contributed by atoms with Crippen molar-refractivity contribution in [1.29, 1.82) is 0 Å². The van der Waals surface area contributed by atoms with Crippen LogP contribution in [0.3, 0.4) is 0 Å². The Kier molecular flexibility index (Phi) is 7.04. The van der Waals surface area contributed by atoms with Crippen molar-refractivity contribution in [3.8, 4) is 0 Å². The molecule has 1 amide bonds. The standard InChI is InChI=1S/C24H27N5OS/c1-19-7-9-20(10-8-19)17-25-23(30)18-31-24-12-11-22(26-27-24)29-15-13-28(14-16-29)21-5-3-2-4-6-21/h2-12H,13-18H2,1H3,(H,25,30). The van der Waals surface area contributed by atoms with Crippen molar-refractivity contribution < 1.29 is 4.79 Å². The summed E-state index contributed by atoms with van der Waals surface area (Å²) in [6.45, 7) is 6.34. The Morgan fingerprint density at radius 3 is 2.29 bits per heavy atom. The van der Waals surface area contributed by atoms with Gasteiger partial charge in [0, 0.05) is 38.4 Å². The normalized spacial score (nSPS) is 13.8. The van der Waals surface area contributed by atoms with Gasteiger partial charge in [-0.1, -0.05) is 59.8 Å². The highest BCUT2D eigenvalue weighted by Crippen LogP contribution is 2.20. The molecule has 7 heteroatoms. The SMILES string of the molecule is Cc1ccc(CNC(=O)CSc2ccc(N3CCN(c4ccccc4)CC3)nn2)cc1. The van der Waals surface area contributed by atoms with Gasteiger partial charge in [-0.25, -0.2) is 0 Å². The molecule has 1 aromatic heterocycles. The predicted molar refractivity (Wildman–Crippen MR) is 127 cm³/mol. The molecule has 4 rings (SSSR count). The van der Waals surface area contributed by atoms with Crippen LogP contribution in [-0.2, 0) is 11.3 Å². The third kappa shape index (κ3) is 5.98. The minimum Gasteiger partial charge on any atom is -0.368 e. The lowest BCUT2D eigenvalue weighted by Gasteiger charge is -2.36. The van der Waals surface area contributed by atoms with Gasteiger partial charge in [0.1, 0.15) is 5.03 Å². The Balaban J connectivity index is 1.21. The Bertz CT molecular complexity index is 971. The zero-order valence-corrected chi connectivity index (χ0v) is 18.5. The van der Waals surface area contributed by atoms with E-state index < -0.39 is 0 Å². The summed E-state index contributed by atoms with van der Waals surface area (Å²) in [5.41, 5.74) is 3.58. The first-order valence-electron chi connectivity index (χ1n) is 10.5. The largest absolute Gasteiger partial charge is 0.368 e. The number of amides is 1. The van der Waals surface area contributed by atoms with Crippen LogP contribution in [0.15, 0.2) is 71.8 Å². The lowest BCUT2D eigenvalue weighted by atomic mass is 10.1. The number of nitrogens with zero attached hydrogens (tertiary/aromatic N) is 4. The summed E-state index contributed by atoms with van der Waals surface area (Å²) in [6, 6.07) is 22.6. The van der Waals surface area contributed by atoms with Crippen LogP contribution in [0, 0.1) is 6.92 Å². The van der Waals surface area contributed by atoms with Gasteiger partial charge in [-0.05, 0) is 36.8 Å². The highest BCUT2D eigenvalue weighted by atomic mass is 32.2. The molecule has 0 aliphatic carbocycles. The van der Waals surface area contributed by atoms with Crippen molar-refractivity contribution in [2.24, 2.45) is 0 Å². The summed E-state index contributed by atoms with van der Waals surface area (Å²) in [7, 11) is 0. The molecule has 0 spiro atoms. The second-order valence-corrected chi connectivity index (χ2v) is 8.59. The van der Waals surface area contributed by atoms with Crippen LogP contribution in [0.1, 0.15) is 11.1 Å². The molecule has 1 fully saturated rings. The number of benzene rings is 2. The molecular formula is C24H27N5OS. The van der Waals surface area contributed by atoms with E-state index in [4.69, 9.17) is 0 Å². The zero-order chi connectivity index (χ0) is 21.5. The second-order valence-electron chi connectivity index (χ2n) is 7.59. The molecule has 1 N–H and O–H groups in total. The molecule has 1 aliphatic rings. The molecule has 0 bridgehead atoms. The van der Waals surface area contributed by atoms with Crippen LogP contribution in [-0.4, -0.2) is 48.0 Å². The van der Waals surface area contributed by atoms with Crippen molar-refractivity contribution in [2.75, 3.05) is 41.7 Å². The van der Waals surface area contributed by atoms with Gasteiger partial charge in [0.2, 0.25) is 5.91 Å². The maximum atomic E-state index is 12.1. The lowest BCUT2D eigenvalue weighted by molar-refractivity contribution is -0.118. The van der Waals surface area contributed by atoms with Gasteiger partial charge in [0.15, 0.2) is 5.82 Å². The third-order valence-corrected chi connectivity index (χ3v) is 6.23. The molecule has 160 valence electrons. The minimum absolute atomic E-state index is 0.00603. The van der Waals surface area contributed by atoms with Gasteiger partial charge in [-0.3, -0.25) is 4.79 Å². The first kappa shape index (κ1) is 21.2. The molecule has 31 heavy (non-hydrogen) atoms. The summed E-state index contributed by atoms with van der Waals surface area (Å²) in [5.74, 6) is 1.21. The van der Waals surface area contributed by atoms with E-state index in [1.807, 2.05) is 30.3 Å². The number of rotatable bonds is 7. The van der Waals surface area contributed by atoms with Gasteiger partial charge in [-0.15, -0.1) is 10.2 Å². The van der Waals surface area contributed by atoms with Gasteiger partial charge >= 0.3 is 0 Å². The first-order chi connectivity index (χ1) is 15.2. The van der Waals surface area contributed by atoms with E-state index >= 15 is 0 Å². The maximum Gasteiger partial charge on any atom is 0.230 e. The average molecular weight is 434 g/mol. The number of carbonyl (C=O) groups is 1. The topological polar surface area (TPSA) is 61.4 Å². The highest BCUT2D eigenvalue weighted by Gasteiger charge is 2.18. The fourth-order valence-electron chi connectivity index (χ4n) is 3.49. The van der Waals surface area contributed by atoms with E-state index in [0.29, 0.717) is 12.3 Å². The van der Waals surface area contributed by atoms with Crippen LogP contribution < -0.4 is 15.1 Å². The van der Waals surface area contributed by atoms with Crippen LogP contribution in [0.4, 0.5) is 11.5 Å². The number of hydrogen-bond donors (Lipinski definition) is 1. The average Bonchev–Trinajstić information content (AvgIpc) is 2.83. The van der Waals surface area contributed by atoms with Crippen LogP contribution in [0.5, 0.6) is 0 Å². The van der Waals surface area contributed by atoms with E-state index in [1.54, 1.807) is 0 Å². The summed E-state index contributed by atoms with van der Waals surface area (Å²) in [5, 5.41) is 12.4. The number of hydrogen-bond acceptors (Lipinski definition) is 6. The molecule has 0 unspecified atom stereocenters. The maximum absolute atomic E-state index is 12.1. The van der Waals surface area contributed by atoms with E-state index in [1.165, 1.54) is 23.0 Å². The lowest BCUT2D eigenvalue weighted by Crippen LogP contribution is -2.46. The van der Waals surface area contributed by atoms with Crippen LogP contribution >= 0.6 is 11.8 Å². The number of thioether (sulfide) groups is 1. The fraction of sp³-hybridized carbons (Fsp3) is 0.292. The molecule has 2 heterocycles. The molecule has 1 saturated heterocycles. The molecule has 6 nitrogen and oxygen atoms in total. The van der Waals surface area contributed by atoms with E-state index in [9.17, 15) is 4.79 Å². The van der Waals surface area contributed by atoms with Crippen LogP contribution in [0.2, 0.25) is 0 Å². The fourth-order valence-corrected chi connectivity index (χ4v) is 4.13. The second kappa shape index (κ2) is 10.3.